The maximum atomic E-state index is 12.2. The molecular weight excluding hydrogens is 392 g/mol. The van der Waals surface area contributed by atoms with Crippen molar-refractivity contribution in [2.75, 3.05) is 13.7 Å². The van der Waals surface area contributed by atoms with Crippen LogP contribution >= 0.6 is 0 Å². The van der Waals surface area contributed by atoms with Crippen molar-refractivity contribution in [3.63, 3.8) is 0 Å². The Hall–Kier alpha value is -3.52. The van der Waals surface area contributed by atoms with Gasteiger partial charge in [0.05, 0.1) is 6.04 Å². The fourth-order valence-corrected chi connectivity index (χ4v) is 2.24. The number of hydrogen-bond donors (Lipinski definition) is 1. The third-order valence-corrected chi connectivity index (χ3v) is 3.73. The first-order valence-corrected chi connectivity index (χ1v) is 9.15. The highest BCUT2D eigenvalue weighted by Crippen LogP contribution is 2.09. The monoisotopic (exact) mass is 418 g/mol. The van der Waals surface area contributed by atoms with E-state index in [-0.39, 0.29) is 6.61 Å². The second-order valence-corrected chi connectivity index (χ2v) is 7.46. The first-order valence-electron chi connectivity index (χ1n) is 9.15. The summed E-state index contributed by atoms with van der Waals surface area (Å²) in [5.74, 6) is -3.00. The number of imide groups is 1. The van der Waals surface area contributed by atoms with E-state index in [0.29, 0.717) is 11.3 Å². The van der Waals surface area contributed by atoms with Crippen LogP contribution < -0.4 is 5.32 Å². The van der Waals surface area contributed by atoms with Crippen LogP contribution in [0.15, 0.2) is 30.3 Å². The summed E-state index contributed by atoms with van der Waals surface area (Å²) >= 11 is 0. The first kappa shape index (κ1) is 24.5. The number of nitrogens with one attached hydrogen (secondary N) is 1. The summed E-state index contributed by atoms with van der Waals surface area (Å²) in [7, 11) is 1.13. The van der Waals surface area contributed by atoms with Crippen LogP contribution in [-0.2, 0) is 30.3 Å². The van der Waals surface area contributed by atoms with Gasteiger partial charge in [-0.2, -0.15) is 4.79 Å². The Morgan fingerprint density at radius 3 is 2.27 bits per heavy atom. The van der Waals surface area contributed by atoms with Crippen molar-refractivity contribution < 1.29 is 33.4 Å². The van der Waals surface area contributed by atoms with Crippen LogP contribution in [0.4, 0.5) is 4.79 Å². The van der Waals surface area contributed by atoms with Gasteiger partial charge in [-0.05, 0) is 32.8 Å². The van der Waals surface area contributed by atoms with E-state index in [1.807, 2.05) is 30.3 Å². The Labute approximate surface area is 174 Å². The van der Waals surface area contributed by atoms with E-state index in [0.717, 1.165) is 19.5 Å². The minimum Gasteiger partial charge on any atom is -0.454 e. The lowest BCUT2D eigenvalue weighted by molar-refractivity contribution is -0.147. The number of amides is 3. The van der Waals surface area contributed by atoms with Crippen molar-refractivity contribution in [2.24, 2.45) is 0 Å². The summed E-state index contributed by atoms with van der Waals surface area (Å²) in [5.41, 5.74) is 8.19. The van der Waals surface area contributed by atoms with Crippen molar-refractivity contribution in [3.05, 3.63) is 41.4 Å². The van der Waals surface area contributed by atoms with E-state index in [2.05, 4.69) is 10.1 Å². The zero-order chi connectivity index (χ0) is 22.9. The van der Waals surface area contributed by atoms with Gasteiger partial charge in [-0.1, -0.05) is 30.3 Å². The highest BCUT2D eigenvalue weighted by atomic mass is 16.6. The SMILES string of the molecule is CC(=O)N(C)C(=O)C(=[N+]=[N-])C(=O)OC[C@H](Cc1ccccc1)NC(=O)OC(C)(C)C. The molecule has 0 fully saturated rings. The molecule has 0 saturated carbocycles. The van der Waals surface area contributed by atoms with Gasteiger partial charge >= 0.3 is 23.7 Å². The number of carbonyl (C=O) groups excluding carboxylic acids is 4. The molecule has 0 aliphatic carbocycles. The Morgan fingerprint density at radius 1 is 1.17 bits per heavy atom. The van der Waals surface area contributed by atoms with Gasteiger partial charge in [0.1, 0.15) is 12.2 Å². The summed E-state index contributed by atoms with van der Waals surface area (Å²) < 4.78 is 10.3. The highest BCUT2D eigenvalue weighted by Gasteiger charge is 2.36. The van der Waals surface area contributed by atoms with Gasteiger partial charge in [-0.25, -0.2) is 9.59 Å². The lowest BCUT2D eigenvalue weighted by atomic mass is 10.1. The van der Waals surface area contributed by atoms with Crippen LogP contribution in [0.3, 0.4) is 0 Å². The molecule has 10 heteroatoms. The molecule has 1 atom stereocenters. The molecular formula is C20H26N4O6. The van der Waals surface area contributed by atoms with E-state index in [1.165, 1.54) is 0 Å². The summed E-state index contributed by atoms with van der Waals surface area (Å²) in [6, 6.07) is 8.44. The number of nitrogens with zero attached hydrogens (tertiary/aromatic N) is 3. The standard InChI is InChI=1S/C20H26N4O6/c1-13(25)24(5)17(26)16(23-21)18(27)29-12-15(11-14-9-7-6-8-10-14)22-19(28)30-20(2,3)4/h6-10,15H,11-12H2,1-5H3,(H,22,28)/t15-/m0/s1. The molecule has 10 nitrogen and oxygen atoms in total. The maximum absolute atomic E-state index is 12.2. The third kappa shape index (κ3) is 8.24. The van der Waals surface area contributed by atoms with Crippen LogP contribution in [-0.4, -0.2) is 64.6 Å². The Morgan fingerprint density at radius 2 is 1.77 bits per heavy atom. The largest absolute Gasteiger partial charge is 0.463 e. The van der Waals surface area contributed by atoms with E-state index >= 15 is 0 Å². The normalized spacial score (nSPS) is 11.5. The number of rotatable bonds is 7. The second kappa shape index (κ2) is 10.9. The molecule has 0 aromatic heterocycles. The average Bonchev–Trinajstić information content (AvgIpc) is 2.65. The van der Waals surface area contributed by atoms with Crippen LogP contribution in [0.5, 0.6) is 0 Å². The summed E-state index contributed by atoms with van der Waals surface area (Å²) in [4.78, 5) is 50.9. The summed E-state index contributed by atoms with van der Waals surface area (Å²) in [6.07, 6.45) is -0.400. The van der Waals surface area contributed by atoms with Gasteiger partial charge in [0.25, 0.3) is 0 Å². The number of carbonyl (C=O) groups is 4. The quantitative estimate of drug-likeness (QED) is 0.233. The molecule has 0 aliphatic heterocycles. The molecule has 0 saturated heterocycles. The minimum absolute atomic E-state index is 0.306. The van der Waals surface area contributed by atoms with Crippen molar-refractivity contribution >= 4 is 29.6 Å². The molecule has 0 unspecified atom stereocenters. The molecule has 162 valence electrons. The van der Waals surface area contributed by atoms with Gasteiger partial charge in [0, 0.05) is 14.0 Å². The van der Waals surface area contributed by atoms with Crippen LogP contribution in [0.1, 0.15) is 33.3 Å². The number of esters is 1. The van der Waals surface area contributed by atoms with E-state index in [4.69, 9.17) is 15.0 Å². The van der Waals surface area contributed by atoms with Gasteiger partial charge in [-0.15, -0.1) is 0 Å². The van der Waals surface area contributed by atoms with E-state index in [9.17, 15) is 19.2 Å². The summed E-state index contributed by atoms with van der Waals surface area (Å²) in [5, 5.41) is 2.61. The van der Waals surface area contributed by atoms with Gasteiger partial charge < -0.3 is 20.3 Å². The Balaban J connectivity index is 2.88. The number of hydrogen-bond acceptors (Lipinski definition) is 6. The Kier molecular flexibility index (Phi) is 8.88. The topological polar surface area (TPSA) is 138 Å². The predicted molar refractivity (Wildman–Crippen MR) is 106 cm³/mol. The molecule has 1 N–H and O–H groups in total. The molecule has 30 heavy (non-hydrogen) atoms. The molecule has 1 aromatic carbocycles. The van der Waals surface area contributed by atoms with Crippen molar-refractivity contribution in [1.29, 1.82) is 0 Å². The van der Waals surface area contributed by atoms with Gasteiger partial charge in [0.2, 0.25) is 5.91 Å². The third-order valence-electron chi connectivity index (χ3n) is 3.73. The molecule has 0 aliphatic rings. The molecule has 3 amide bonds. The smallest absolute Gasteiger partial charge is 0.454 e. The van der Waals surface area contributed by atoms with Crippen LogP contribution in [0, 0.1) is 0 Å². The lowest BCUT2D eigenvalue weighted by Crippen LogP contribution is -2.45. The molecule has 0 bridgehead atoms. The van der Waals surface area contributed by atoms with Gasteiger partial charge in [0.15, 0.2) is 0 Å². The zero-order valence-electron chi connectivity index (χ0n) is 17.7. The molecule has 1 rings (SSSR count). The van der Waals surface area contributed by atoms with Crippen molar-refractivity contribution in [2.45, 2.75) is 45.8 Å². The zero-order valence-corrected chi connectivity index (χ0v) is 17.7. The lowest BCUT2D eigenvalue weighted by Gasteiger charge is -2.23. The fraction of sp³-hybridized carbons (Fsp3) is 0.450. The fourth-order valence-electron chi connectivity index (χ4n) is 2.24. The van der Waals surface area contributed by atoms with Crippen molar-refractivity contribution in [1.82, 2.24) is 10.2 Å². The first-order chi connectivity index (χ1) is 13.9. The molecule has 0 spiro atoms. The second-order valence-electron chi connectivity index (χ2n) is 7.46. The predicted octanol–water partition coefficient (Wildman–Crippen LogP) is 1.34. The molecule has 1 aromatic rings. The average molecular weight is 418 g/mol. The van der Waals surface area contributed by atoms with Crippen molar-refractivity contribution in [3.8, 4) is 0 Å². The highest BCUT2D eigenvalue weighted by molar-refractivity contribution is 6.62. The minimum atomic E-state index is -1.24. The van der Waals surface area contributed by atoms with Crippen LogP contribution in [0.25, 0.3) is 5.53 Å². The van der Waals surface area contributed by atoms with E-state index in [1.54, 1.807) is 20.8 Å². The molecule has 0 heterocycles. The van der Waals surface area contributed by atoms with Crippen LogP contribution in [0.2, 0.25) is 0 Å². The summed E-state index contributed by atoms with van der Waals surface area (Å²) in [6.45, 7) is 5.90. The number of ether oxygens (including phenoxy) is 2. The Bertz CT molecular complexity index is 841. The number of benzene rings is 1. The van der Waals surface area contributed by atoms with Gasteiger partial charge in [-0.3, -0.25) is 14.5 Å². The number of alkyl carbamates (subject to hydrolysis) is 1. The maximum Gasteiger partial charge on any atom is 0.463 e. The van der Waals surface area contributed by atoms with E-state index < -0.39 is 41.2 Å². The molecule has 0 radical (unpaired) electrons.